The highest BCUT2D eigenvalue weighted by atomic mass is 16.5. The largest absolute Gasteiger partial charge is 0.487 e. The lowest BCUT2D eigenvalue weighted by atomic mass is 10.0. The Morgan fingerprint density at radius 3 is 2.59 bits per heavy atom. The first-order valence-corrected chi connectivity index (χ1v) is 5.63. The highest BCUT2D eigenvalue weighted by Crippen LogP contribution is 2.26. The first-order chi connectivity index (χ1) is 7.89. The van der Waals surface area contributed by atoms with Crippen molar-refractivity contribution in [3.8, 4) is 11.8 Å². The molecule has 1 rings (SSSR count). The van der Waals surface area contributed by atoms with Crippen LogP contribution in [0.5, 0.6) is 5.75 Å². The minimum absolute atomic E-state index is 0.0589. The molecule has 1 aromatic rings. The van der Waals surface area contributed by atoms with Crippen LogP contribution in [0.3, 0.4) is 0 Å². The van der Waals surface area contributed by atoms with Crippen molar-refractivity contribution in [2.75, 3.05) is 0 Å². The van der Waals surface area contributed by atoms with Gasteiger partial charge in [-0.3, -0.25) is 4.79 Å². The van der Waals surface area contributed by atoms with Gasteiger partial charge in [0.25, 0.3) is 0 Å². The first-order valence-electron chi connectivity index (χ1n) is 5.63. The van der Waals surface area contributed by atoms with Gasteiger partial charge in [-0.1, -0.05) is 6.92 Å². The zero-order valence-corrected chi connectivity index (χ0v) is 10.7. The molecular formula is C14H17NO2. The van der Waals surface area contributed by atoms with Crippen LogP contribution in [0.25, 0.3) is 0 Å². The van der Waals surface area contributed by atoms with Gasteiger partial charge < -0.3 is 4.74 Å². The number of nitrogens with zero attached hydrogens (tertiary/aromatic N) is 1. The number of ketones is 1. The van der Waals surface area contributed by atoms with Crippen molar-refractivity contribution >= 4 is 5.78 Å². The van der Waals surface area contributed by atoms with E-state index in [4.69, 9.17) is 10.00 Å². The summed E-state index contributed by atoms with van der Waals surface area (Å²) in [6.45, 7) is 7.42. The van der Waals surface area contributed by atoms with E-state index >= 15 is 0 Å². The number of hydrogen-bond acceptors (Lipinski definition) is 3. The summed E-state index contributed by atoms with van der Waals surface area (Å²) in [4.78, 5) is 11.5. The topological polar surface area (TPSA) is 50.1 Å². The van der Waals surface area contributed by atoms with Gasteiger partial charge in [0.2, 0.25) is 0 Å². The van der Waals surface area contributed by atoms with Crippen LogP contribution in [-0.2, 0) is 0 Å². The molecule has 0 saturated carbocycles. The van der Waals surface area contributed by atoms with Crippen molar-refractivity contribution < 1.29 is 9.53 Å². The van der Waals surface area contributed by atoms with Gasteiger partial charge in [-0.2, -0.15) is 5.26 Å². The Kier molecular flexibility index (Phi) is 3.90. The lowest BCUT2D eigenvalue weighted by Crippen LogP contribution is -2.27. The van der Waals surface area contributed by atoms with E-state index < -0.39 is 0 Å². The van der Waals surface area contributed by atoms with E-state index in [0.29, 0.717) is 16.9 Å². The third-order valence-electron chi connectivity index (χ3n) is 2.73. The van der Waals surface area contributed by atoms with Crippen molar-refractivity contribution in [3.05, 3.63) is 29.3 Å². The average Bonchev–Trinajstić information content (AvgIpc) is 2.28. The Morgan fingerprint density at radius 2 is 2.12 bits per heavy atom. The first kappa shape index (κ1) is 13.2. The second kappa shape index (κ2) is 5.01. The lowest BCUT2D eigenvalue weighted by Gasteiger charge is -2.26. The number of Topliss-reactive ketones (excluding diaryl/α,β-unsaturated/α-hetero) is 1. The van der Waals surface area contributed by atoms with Gasteiger partial charge in [-0.05, 0) is 45.4 Å². The van der Waals surface area contributed by atoms with Crippen LogP contribution in [0.2, 0.25) is 0 Å². The fourth-order valence-electron chi connectivity index (χ4n) is 1.34. The van der Waals surface area contributed by atoms with Gasteiger partial charge in [-0.25, -0.2) is 0 Å². The number of carbonyl (C=O) groups is 1. The molecule has 0 aliphatic rings. The Balaban J connectivity index is 3.19. The molecule has 0 radical (unpaired) electrons. The number of ether oxygens (including phenoxy) is 1. The molecule has 0 bridgehead atoms. The zero-order chi connectivity index (χ0) is 13.1. The van der Waals surface area contributed by atoms with E-state index in [1.165, 1.54) is 6.92 Å². The van der Waals surface area contributed by atoms with E-state index in [9.17, 15) is 4.79 Å². The van der Waals surface area contributed by atoms with Gasteiger partial charge in [0.1, 0.15) is 11.4 Å². The van der Waals surface area contributed by atoms with Crippen molar-refractivity contribution in [1.29, 1.82) is 5.26 Å². The van der Waals surface area contributed by atoms with Gasteiger partial charge in [0, 0.05) is 0 Å². The Hall–Kier alpha value is -1.82. The Labute approximate surface area is 102 Å². The van der Waals surface area contributed by atoms with E-state index in [0.717, 1.165) is 6.42 Å². The second-order valence-electron chi connectivity index (χ2n) is 4.59. The predicted molar refractivity (Wildman–Crippen MR) is 66.2 cm³/mol. The van der Waals surface area contributed by atoms with Gasteiger partial charge in [-0.15, -0.1) is 0 Å². The predicted octanol–water partition coefficient (Wildman–Crippen LogP) is 3.33. The summed E-state index contributed by atoms with van der Waals surface area (Å²) < 4.78 is 5.81. The highest BCUT2D eigenvalue weighted by molar-refractivity contribution is 5.97. The minimum Gasteiger partial charge on any atom is -0.487 e. The molecule has 0 amide bonds. The maximum atomic E-state index is 11.5. The molecule has 0 aromatic heterocycles. The molecule has 90 valence electrons. The Morgan fingerprint density at radius 1 is 1.47 bits per heavy atom. The summed E-state index contributed by atoms with van der Waals surface area (Å²) in [7, 11) is 0. The van der Waals surface area contributed by atoms with Crippen molar-refractivity contribution in [2.45, 2.75) is 39.7 Å². The number of carbonyl (C=O) groups excluding carboxylic acids is 1. The van der Waals surface area contributed by atoms with Gasteiger partial charge in [0.05, 0.1) is 17.2 Å². The van der Waals surface area contributed by atoms with Crippen LogP contribution >= 0.6 is 0 Å². The maximum absolute atomic E-state index is 11.5. The van der Waals surface area contributed by atoms with Crippen LogP contribution in [0.4, 0.5) is 0 Å². The van der Waals surface area contributed by atoms with E-state index in [1.807, 2.05) is 26.8 Å². The zero-order valence-electron chi connectivity index (χ0n) is 10.7. The smallest absolute Gasteiger partial charge is 0.163 e. The summed E-state index contributed by atoms with van der Waals surface area (Å²) in [5.41, 5.74) is 0.667. The average molecular weight is 231 g/mol. The number of rotatable bonds is 4. The molecule has 0 N–H and O–H groups in total. The molecule has 3 heteroatoms. The number of nitriles is 1. The molecule has 0 heterocycles. The SMILES string of the molecule is CCC(C)(C)Oc1cc(C#N)ccc1C(C)=O. The summed E-state index contributed by atoms with van der Waals surface area (Å²) >= 11 is 0. The van der Waals surface area contributed by atoms with Crippen LogP contribution in [0.15, 0.2) is 18.2 Å². The summed E-state index contributed by atoms with van der Waals surface area (Å²) in [5, 5.41) is 8.86. The molecule has 0 aliphatic heterocycles. The van der Waals surface area contributed by atoms with Crippen molar-refractivity contribution in [3.63, 3.8) is 0 Å². The quantitative estimate of drug-likeness (QED) is 0.747. The van der Waals surface area contributed by atoms with Gasteiger partial charge >= 0.3 is 0 Å². The van der Waals surface area contributed by atoms with Gasteiger partial charge in [0.15, 0.2) is 5.78 Å². The van der Waals surface area contributed by atoms with Crippen LogP contribution in [-0.4, -0.2) is 11.4 Å². The Bertz CT molecular complexity index is 470. The van der Waals surface area contributed by atoms with E-state index in [-0.39, 0.29) is 11.4 Å². The van der Waals surface area contributed by atoms with Crippen molar-refractivity contribution in [2.24, 2.45) is 0 Å². The summed E-state index contributed by atoms with van der Waals surface area (Å²) in [6.07, 6.45) is 0.821. The van der Waals surface area contributed by atoms with E-state index in [2.05, 4.69) is 0 Å². The fourth-order valence-corrected chi connectivity index (χ4v) is 1.34. The second-order valence-corrected chi connectivity index (χ2v) is 4.59. The van der Waals surface area contributed by atoms with Crippen LogP contribution in [0, 0.1) is 11.3 Å². The summed E-state index contributed by atoms with van der Waals surface area (Å²) in [5.74, 6) is 0.430. The molecule has 0 aliphatic carbocycles. The number of benzene rings is 1. The fraction of sp³-hybridized carbons (Fsp3) is 0.429. The van der Waals surface area contributed by atoms with E-state index in [1.54, 1.807) is 18.2 Å². The minimum atomic E-state index is -0.349. The number of hydrogen-bond donors (Lipinski definition) is 0. The lowest BCUT2D eigenvalue weighted by molar-refractivity contribution is 0.0947. The standard InChI is InChI=1S/C14H17NO2/c1-5-14(3,4)17-13-8-11(9-15)6-7-12(13)10(2)16/h6-8H,5H2,1-4H3. The maximum Gasteiger partial charge on any atom is 0.163 e. The monoisotopic (exact) mass is 231 g/mol. The molecule has 1 aromatic carbocycles. The molecular weight excluding hydrogens is 214 g/mol. The molecule has 0 fully saturated rings. The molecule has 0 saturated heterocycles. The molecule has 0 spiro atoms. The van der Waals surface area contributed by atoms with Crippen LogP contribution < -0.4 is 4.74 Å². The van der Waals surface area contributed by atoms with Crippen molar-refractivity contribution in [1.82, 2.24) is 0 Å². The normalized spacial score (nSPS) is 10.8. The third kappa shape index (κ3) is 3.32. The molecule has 0 unspecified atom stereocenters. The summed E-state index contributed by atoms with van der Waals surface area (Å²) in [6, 6.07) is 6.93. The highest BCUT2D eigenvalue weighted by Gasteiger charge is 2.20. The third-order valence-corrected chi connectivity index (χ3v) is 2.73. The molecule has 3 nitrogen and oxygen atoms in total. The molecule has 17 heavy (non-hydrogen) atoms. The van der Waals surface area contributed by atoms with Crippen LogP contribution in [0.1, 0.15) is 50.0 Å². The molecule has 0 atom stereocenters.